The minimum Gasteiger partial charge on any atom is -0.370 e. The molecule has 0 bridgehead atoms. The van der Waals surface area contributed by atoms with E-state index in [0.717, 1.165) is 15.4 Å². The van der Waals surface area contributed by atoms with Gasteiger partial charge in [-0.2, -0.15) is 12.7 Å². The minimum absolute atomic E-state index is 0.0963. The van der Waals surface area contributed by atoms with Crippen LogP contribution >= 0.6 is 0 Å². The Bertz CT molecular complexity index is 1450. The van der Waals surface area contributed by atoms with Crippen LogP contribution in [-0.2, 0) is 26.7 Å². The molecule has 34 heavy (non-hydrogen) atoms. The lowest BCUT2D eigenvalue weighted by molar-refractivity contribution is 0.199. The monoisotopic (exact) mass is 496 g/mol. The molecule has 1 saturated heterocycles. The number of para-hydroxylation sites is 1. The molecule has 0 unspecified atom stereocenters. The van der Waals surface area contributed by atoms with Crippen LogP contribution in [0.4, 0.5) is 0 Å². The fourth-order valence-electron chi connectivity index (χ4n) is 4.71. The quantitative estimate of drug-likeness (QED) is 0.502. The van der Waals surface area contributed by atoms with Crippen LogP contribution in [0.2, 0.25) is 0 Å². The van der Waals surface area contributed by atoms with Crippen LogP contribution in [-0.4, -0.2) is 37.5 Å². The Morgan fingerprint density at radius 1 is 1.03 bits per heavy atom. The molecule has 9 heteroatoms. The summed E-state index contributed by atoms with van der Waals surface area (Å²) in [5, 5.41) is 0. The molecule has 2 aliphatic heterocycles. The molecule has 1 fully saturated rings. The first-order valence-corrected chi connectivity index (χ1v) is 13.6. The molecule has 0 aromatic heterocycles. The number of sulfonamides is 1. The van der Waals surface area contributed by atoms with E-state index in [1.807, 2.05) is 37.3 Å². The summed E-state index contributed by atoms with van der Waals surface area (Å²) in [4.78, 5) is 0.0963. The van der Waals surface area contributed by atoms with Crippen molar-refractivity contribution in [1.29, 1.82) is 0 Å². The van der Waals surface area contributed by atoms with Crippen molar-refractivity contribution in [1.82, 2.24) is 8.61 Å². The number of benzene rings is 3. The highest BCUT2D eigenvalue weighted by Crippen LogP contribution is 2.51. The smallest absolute Gasteiger partial charge is 0.370 e. The van der Waals surface area contributed by atoms with Crippen molar-refractivity contribution < 1.29 is 21.0 Å². The standard InChI is InChI=1S/C25H24N2O5S2/c1-3-25(17-20-9-5-4-6-10-20)18-26(33(28,29)21-15-13-19(2)14-16-21)24-22-11-7-8-12-23(22)32-34(30,31)27(24)25/h3-16,24H,1,17-18H2,2H3/t24-,25-/m1/s1. The van der Waals surface area contributed by atoms with Gasteiger partial charge in [0.25, 0.3) is 0 Å². The van der Waals surface area contributed by atoms with E-state index in [0.29, 0.717) is 5.56 Å². The van der Waals surface area contributed by atoms with Gasteiger partial charge in [-0.3, -0.25) is 0 Å². The van der Waals surface area contributed by atoms with Gasteiger partial charge in [-0.25, -0.2) is 8.42 Å². The van der Waals surface area contributed by atoms with Crippen molar-refractivity contribution in [2.24, 2.45) is 0 Å². The molecule has 0 spiro atoms. The molecule has 0 amide bonds. The van der Waals surface area contributed by atoms with E-state index < -0.39 is 32.0 Å². The van der Waals surface area contributed by atoms with Crippen molar-refractivity contribution in [3.63, 3.8) is 0 Å². The van der Waals surface area contributed by atoms with E-state index in [2.05, 4.69) is 6.58 Å². The average Bonchev–Trinajstić information content (AvgIpc) is 3.17. The van der Waals surface area contributed by atoms with Gasteiger partial charge in [0.1, 0.15) is 11.9 Å². The van der Waals surface area contributed by atoms with Crippen molar-refractivity contribution in [2.75, 3.05) is 6.54 Å². The van der Waals surface area contributed by atoms with Crippen molar-refractivity contribution in [3.05, 3.63) is 108 Å². The van der Waals surface area contributed by atoms with E-state index in [9.17, 15) is 16.8 Å². The van der Waals surface area contributed by atoms with Crippen molar-refractivity contribution in [2.45, 2.75) is 29.9 Å². The van der Waals surface area contributed by atoms with Gasteiger partial charge in [-0.05, 0) is 37.1 Å². The van der Waals surface area contributed by atoms with Crippen LogP contribution in [0.25, 0.3) is 0 Å². The molecule has 2 atom stereocenters. The van der Waals surface area contributed by atoms with Crippen molar-refractivity contribution >= 4 is 20.3 Å². The lowest BCUT2D eigenvalue weighted by atomic mass is 9.91. The molecule has 0 aliphatic carbocycles. The Balaban J connectivity index is 1.73. The second kappa shape index (κ2) is 8.06. The number of rotatable bonds is 5. The van der Waals surface area contributed by atoms with Crippen LogP contribution in [0.15, 0.2) is 96.4 Å². The summed E-state index contributed by atoms with van der Waals surface area (Å²) in [6, 6.07) is 22.5. The normalized spacial score (nSPS) is 24.1. The lowest BCUT2D eigenvalue weighted by Crippen LogP contribution is -2.52. The van der Waals surface area contributed by atoms with Gasteiger partial charge in [-0.1, -0.05) is 72.3 Å². The van der Waals surface area contributed by atoms with Crippen LogP contribution in [0.5, 0.6) is 5.75 Å². The second-order valence-electron chi connectivity index (χ2n) is 8.58. The second-order valence-corrected chi connectivity index (χ2v) is 11.9. The third-order valence-corrected chi connectivity index (χ3v) is 9.61. The predicted molar refractivity (Wildman–Crippen MR) is 129 cm³/mol. The highest BCUT2D eigenvalue weighted by atomic mass is 32.2. The number of nitrogens with zero attached hydrogens (tertiary/aromatic N) is 2. The van der Waals surface area contributed by atoms with E-state index in [1.54, 1.807) is 42.5 Å². The zero-order valence-electron chi connectivity index (χ0n) is 18.5. The van der Waals surface area contributed by atoms with Gasteiger partial charge in [0, 0.05) is 12.1 Å². The molecular formula is C25H24N2O5S2. The van der Waals surface area contributed by atoms with E-state index in [4.69, 9.17) is 4.18 Å². The summed E-state index contributed by atoms with van der Waals surface area (Å²) in [5.74, 6) is 0.118. The Morgan fingerprint density at radius 3 is 2.35 bits per heavy atom. The van der Waals surface area contributed by atoms with E-state index in [-0.39, 0.29) is 23.6 Å². The maximum absolute atomic E-state index is 13.9. The fourth-order valence-corrected chi connectivity index (χ4v) is 7.96. The Kier molecular flexibility index (Phi) is 5.40. The lowest BCUT2D eigenvalue weighted by Gasteiger charge is -2.39. The molecule has 0 radical (unpaired) electrons. The Morgan fingerprint density at radius 2 is 1.68 bits per heavy atom. The molecule has 2 aliphatic rings. The Labute approximate surface area is 200 Å². The fraction of sp³-hybridized carbons (Fsp3) is 0.200. The summed E-state index contributed by atoms with van der Waals surface area (Å²) in [6.45, 7) is 5.71. The summed E-state index contributed by atoms with van der Waals surface area (Å²) in [6.07, 6.45) is 0.647. The Hall–Kier alpha value is -2.98. The first-order valence-electron chi connectivity index (χ1n) is 10.8. The molecule has 7 nitrogen and oxygen atoms in total. The van der Waals surface area contributed by atoms with Gasteiger partial charge in [0.2, 0.25) is 10.0 Å². The van der Waals surface area contributed by atoms with Gasteiger partial charge < -0.3 is 4.18 Å². The van der Waals surface area contributed by atoms with Gasteiger partial charge in [-0.15, -0.1) is 10.9 Å². The van der Waals surface area contributed by atoms with E-state index in [1.165, 1.54) is 16.4 Å². The molecule has 3 aromatic rings. The molecule has 5 rings (SSSR count). The van der Waals surface area contributed by atoms with Crippen LogP contribution in [0.1, 0.15) is 22.9 Å². The SMILES string of the molecule is C=C[C@@]1(Cc2ccccc2)CN(S(=O)(=O)c2ccc(C)cc2)[C@H]2c3ccccc3OS(=O)(=O)N21. The summed E-state index contributed by atoms with van der Waals surface area (Å²) in [5.41, 5.74) is 0.982. The summed E-state index contributed by atoms with van der Waals surface area (Å²) in [7, 11) is -8.41. The van der Waals surface area contributed by atoms with Crippen LogP contribution in [0, 0.1) is 6.92 Å². The van der Waals surface area contributed by atoms with E-state index >= 15 is 0 Å². The summed E-state index contributed by atoms with van der Waals surface area (Å²) < 4.78 is 62.6. The van der Waals surface area contributed by atoms with Gasteiger partial charge in [0.15, 0.2) is 0 Å². The van der Waals surface area contributed by atoms with Gasteiger partial charge in [0.05, 0.1) is 10.4 Å². The highest BCUT2D eigenvalue weighted by molar-refractivity contribution is 7.89. The maximum atomic E-state index is 13.9. The van der Waals surface area contributed by atoms with Crippen molar-refractivity contribution in [3.8, 4) is 5.75 Å². The summed E-state index contributed by atoms with van der Waals surface area (Å²) >= 11 is 0. The molecular weight excluding hydrogens is 472 g/mol. The highest BCUT2D eigenvalue weighted by Gasteiger charge is 2.61. The zero-order chi connectivity index (χ0) is 24.1. The van der Waals surface area contributed by atoms with Gasteiger partial charge >= 0.3 is 10.3 Å². The molecule has 3 aromatic carbocycles. The molecule has 0 saturated carbocycles. The predicted octanol–water partition coefficient (Wildman–Crippen LogP) is 3.80. The number of fused-ring (bicyclic) bond motifs is 3. The van der Waals surface area contributed by atoms with Crippen LogP contribution in [0.3, 0.4) is 0 Å². The maximum Gasteiger partial charge on any atom is 0.387 e. The topological polar surface area (TPSA) is 84.0 Å². The number of aryl methyl sites for hydroxylation is 1. The zero-order valence-corrected chi connectivity index (χ0v) is 20.2. The average molecular weight is 497 g/mol. The third kappa shape index (κ3) is 3.56. The first kappa shape index (κ1) is 22.8. The minimum atomic E-state index is -4.34. The molecule has 2 heterocycles. The number of hydrogen-bond acceptors (Lipinski definition) is 5. The molecule has 0 N–H and O–H groups in total. The molecule has 176 valence electrons. The third-order valence-electron chi connectivity index (χ3n) is 6.36. The van der Waals surface area contributed by atoms with Crippen LogP contribution < -0.4 is 4.18 Å². The number of hydrogen-bond donors (Lipinski definition) is 0. The largest absolute Gasteiger partial charge is 0.387 e. The first-order chi connectivity index (χ1) is 16.2.